The van der Waals surface area contributed by atoms with Crippen molar-refractivity contribution in [3.63, 3.8) is 0 Å². The van der Waals surface area contributed by atoms with Crippen LogP contribution in [0, 0.1) is 12.8 Å². The average molecular weight is 336 g/mol. The first kappa shape index (κ1) is 17.2. The second kappa shape index (κ2) is 7.09. The van der Waals surface area contributed by atoms with E-state index in [-0.39, 0.29) is 24.2 Å². The van der Waals surface area contributed by atoms with Crippen molar-refractivity contribution in [1.29, 1.82) is 0 Å². The van der Waals surface area contributed by atoms with Crippen LogP contribution in [0.15, 0.2) is 48.5 Å². The second-order valence-corrected chi connectivity index (χ2v) is 7.01. The van der Waals surface area contributed by atoms with Crippen molar-refractivity contribution >= 4 is 23.2 Å². The lowest BCUT2D eigenvalue weighted by Crippen LogP contribution is -2.28. The highest BCUT2D eigenvalue weighted by Gasteiger charge is 2.35. The van der Waals surface area contributed by atoms with Gasteiger partial charge in [-0.25, -0.2) is 0 Å². The predicted octanol–water partition coefficient (Wildman–Crippen LogP) is 4.11. The summed E-state index contributed by atoms with van der Waals surface area (Å²) >= 11 is 0. The quantitative estimate of drug-likeness (QED) is 0.913. The van der Waals surface area contributed by atoms with E-state index in [1.54, 1.807) is 4.90 Å². The van der Waals surface area contributed by atoms with Gasteiger partial charge in [0.1, 0.15) is 0 Å². The number of amides is 2. The normalized spacial score (nSPS) is 17.2. The van der Waals surface area contributed by atoms with Crippen molar-refractivity contribution in [3.8, 4) is 0 Å². The third-order valence-corrected chi connectivity index (χ3v) is 4.65. The monoisotopic (exact) mass is 336 g/mol. The van der Waals surface area contributed by atoms with Gasteiger partial charge in [-0.05, 0) is 48.2 Å². The number of nitrogens with zero attached hydrogens (tertiary/aromatic N) is 1. The number of carbonyl (C=O) groups excluding carboxylic acids is 2. The molecule has 3 rings (SSSR count). The summed E-state index contributed by atoms with van der Waals surface area (Å²) in [5.41, 5.74) is 3.97. The number of hydrogen-bond acceptors (Lipinski definition) is 2. The van der Waals surface area contributed by atoms with E-state index >= 15 is 0 Å². The largest absolute Gasteiger partial charge is 0.326 e. The van der Waals surface area contributed by atoms with E-state index in [1.165, 1.54) is 5.56 Å². The molecule has 1 aliphatic rings. The molecular formula is C21H24N2O2. The lowest BCUT2D eigenvalue weighted by molar-refractivity contribution is -0.122. The highest BCUT2D eigenvalue weighted by atomic mass is 16.2. The third kappa shape index (κ3) is 3.90. The van der Waals surface area contributed by atoms with Crippen LogP contribution in [0.25, 0.3) is 0 Å². The van der Waals surface area contributed by atoms with Crippen molar-refractivity contribution in [3.05, 3.63) is 59.7 Å². The van der Waals surface area contributed by atoms with Gasteiger partial charge < -0.3 is 10.2 Å². The van der Waals surface area contributed by atoms with Crippen LogP contribution < -0.4 is 10.2 Å². The Morgan fingerprint density at radius 3 is 2.52 bits per heavy atom. The Labute approximate surface area is 148 Å². The van der Waals surface area contributed by atoms with Gasteiger partial charge >= 0.3 is 0 Å². The molecule has 0 bridgehead atoms. The molecular weight excluding hydrogens is 312 g/mol. The summed E-state index contributed by atoms with van der Waals surface area (Å²) in [6.45, 7) is 6.69. The van der Waals surface area contributed by atoms with Gasteiger partial charge in [0.25, 0.3) is 0 Å². The van der Waals surface area contributed by atoms with Crippen molar-refractivity contribution in [1.82, 2.24) is 0 Å². The van der Waals surface area contributed by atoms with E-state index in [0.717, 1.165) is 16.9 Å². The maximum atomic E-state index is 12.5. The first-order valence-electron chi connectivity index (χ1n) is 8.72. The summed E-state index contributed by atoms with van der Waals surface area (Å²) in [6.07, 6.45) is 0.254. The van der Waals surface area contributed by atoms with E-state index < -0.39 is 0 Å². The Kier molecular flexibility index (Phi) is 4.88. The van der Waals surface area contributed by atoms with Gasteiger partial charge in [-0.2, -0.15) is 0 Å². The number of hydrogen-bond donors (Lipinski definition) is 1. The van der Waals surface area contributed by atoms with Gasteiger partial charge in [0.15, 0.2) is 0 Å². The highest BCUT2D eigenvalue weighted by Crippen LogP contribution is 2.27. The van der Waals surface area contributed by atoms with Crippen LogP contribution in [0.4, 0.5) is 11.4 Å². The molecule has 0 radical (unpaired) electrons. The van der Waals surface area contributed by atoms with Crippen LogP contribution in [0.1, 0.15) is 37.3 Å². The van der Waals surface area contributed by atoms with Crippen molar-refractivity contribution in [2.45, 2.75) is 33.1 Å². The maximum absolute atomic E-state index is 12.5. The molecule has 1 heterocycles. The number of rotatable bonds is 4. The zero-order valence-corrected chi connectivity index (χ0v) is 15.0. The van der Waals surface area contributed by atoms with Gasteiger partial charge in [-0.1, -0.05) is 38.1 Å². The van der Waals surface area contributed by atoms with Gasteiger partial charge in [-0.15, -0.1) is 0 Å². The molecule has 0 spiro atoms. The Balaban J connectivity index is 1.68. The van der Waals surface area contributed by atoms with Crippen molar-refractivity contribution in [2.24, 2.45) is 5.92 Å². The predicted molar refractivity (Wildman–Crippen MR) is 101 cm³/mol. The van der Waals surface area contributed by atoms with Crippen LogP contribution in [-0.2, 0) is 9.59 Å². The molecule has 0 aliphatic carbocycles. The molecule has 2 amide bonds. The van der Waals surface area contributed by atoms with Crippen molar-refractivity contribution < 1.29 is 9.59 Å². The molecule has 1 N–H and O–H groups in total. The van der Waals surface area contributed by atoms with Gasteiger partial charge in [0.05, 0.1) is 5.92 Å². The van der Waals surface area contributed by atoms with Crippen LogP contribution >= 0.6 is 0 Å². The first-order chi connectivity index (χ1) is 11.9. The van der Waals surface area contributed by atoms with E-state index in [4.69, 9.17) is 0 Å². The minimum atomic E-state index is -0.321. The summed E-state index contributed by atoms with van der Waals surface area (Å²) in [6, 6.07) is 15.7. The lowest BCUT2D eigenvalue weighted by Gasteiger charge is -2.18. The zero-order chi connectivity index (χ0) is 18.0. The number of nitrogens with one attached hydrogen (secondary N) is 1. The molecule has 25 heavy (non-hydrogen) atoms. The fourth-order valence-electron chi connectivity index (χ4n) is 3.14. The van der Waals surface area contributed by atoms with Gasteiger partial charge in [-0.3, -0.25) is 9.59 Å². The Morgan fingerprint density at radius 2 is 1.88 bits per heavy atom. The van der Waals surface area contributed by atoms with Gasteiger partial charge in [0, 0.05) is 24.3 Å². The summed E-state index contributed by atoms with van der Waals surface area (Å²) < 4.78 is 0. The molecule has 1 atom stereocenters. The molecule has 2 aromatic carbocycles. The molecule has 4 nitrogen and oxygen atoms in total. The molecule has 130 valence electrons. The Bertz CT molecular complexity index is 781. The second-order valence-electron chi connectivity index (χ2n) is 7.01. The van der Waals surface area contributed by atoms with Crippen LogP contribution in [0.5, 0.6) is 0 Å². The summed E-state index contributed by atoms with van der Waals surface area (Å²) in [7, 11) is 0. The third-order valence-electron chi connectivity index (χ3n) is 4.65. The summed E-state index contributed by atoms with van der Waals surface area (Å²) in [5.74, 6) is 0.0379. The topological polar surface area (TPSA) is 49.4 Å². The zero-order valence-electron chi connectivity index (χ0n) is 15.0. The maximum Gasteiger partial charge on any atom is 0.229 e. The molecule has 4 heteroatoms. The van der Waals surface area contributed by atoms with Crippen LogP contribution in [0.3, 0.4) is 0 Å². The molecule has 0 saturated carbocycles. The number of benzene rings is 2. The van der Waals surface area contributed by atoms with E-state index in [9.17, 15) is 9.59 Å². The first-order valence-corrected chi connectivity index (χ1v) is 8.72. The smallest absolute Gasteiger partial charge is 0.229 e. The van der Waals surface area contributed by atoms with Crippen molar-refractivity contribution in [2.75, 3.05) is 16.8 Å². The van der Waals surface area contributed by atoms with Crippen LogP contribution in [0.2, 0.25) is 0 Å². The Hall–Kier alpha value is -2.62. The number of carbonyl (C=O) groups is 2. The van der Waals surface area contributed by atoms with Gasteiger partial charge in [0.2, 0.25) is 11.8 Å². The SMILES string of the molecule is Cc1cccc(NC(=O)[C@H]2CC(=O)N(c3ccc(C(C)C)cc3)C2)c1. The summed E-state index contributed by atoms with van der Waals surface area (Å²) in [5, 5.41) is 2.92. The molecule has 0 unspecified atom stereocenters. The minimum absolute atomic E-state index is 0.00156. The molecule has 1 saturated heterocycles. The number of aryl methyl sites for hydroxylation is 1. The van der Waals surface area contributed by atoms with E-state index in [2.05, 4.69) is 19.2 Å². The van der Waals surface area contributed by atoms with E-state index in [1.807, 2.05) is 55.5 Å². The average Bonchev–Trinajstić information content (AvgIpc) is 2.97. The molecule has 0 aromatic heterocycles. The fraction of sp³-hybridized carbons (Fsp3) is 0.333. The molecule has 1 fully saturated rings. The number of anilines is 2. The minimum Gasteiger partial charge on any atom is -0.326 e. The standard InChI is InChI=1S/C21H24N2O2/c1-14(2)16-7-9-19(10-8-16)23-13-17(12-20(23)24)21(25)22-18-6-4-5-15(3)11-18/h4-11,14,17H,12-13H2,1-3H3,(H,22,25)/t17-/m0/s1. The van der Waals surface area contributed by atoms with Crippen LogP contribution in [-0.4, -0.2) is 18.4 Å². The molecule has 1 aliphatic heterocycles. The van der Waals surface area contributed by atoms with E-state index in [0.29, 0.717) is 12.5 Å². The fourth-order valence-corrected chi connectivity index (χ4v) is 3.14. The summed E-state index contributed by atoms with van der Waals surface area (Å²) in [4.78, 5) is 26.6. The molecule has 2 aromatic rings. The lowest BCUT2D eigenvalue weighted by atomic mass is 10.0. The Morgan fingerprint density at radius 1 is 1.16 bits per heavy atom. The highest BCUT2D eigenvalue weighted by molar-refractivity contribution is 6.03.